The molecule has 2 N–H and O–H groups in total. The lowest BCUT2D eigenvalue weighted by Crippen LogP contribution is -2.41. The number of aromatic nitrogens is 3. The number of anilines is 1. The van der Waals surface area contributed by atoms with E-state index < -0.39 is 0 Å². The van der Waals surface area contributed by atoms with Crippen LogP contribution in [0.1, 0.15) is 12.8 Å². The Bertz CT molecular complexity index is 610. The van der Waals surface area contributed by atoms with Crippen LogP contribution in [0.3, 0.4) is 0 Å². The van der Waals surface area contributed by atoms with E-state index in [1.165, 1.54) is 0 Å². The molecule has 1 amide bonds. The van der Waals surface area contributed by atoms with E-state index in [1.807, 2.05) is 17.0 Å². The number of nitrogens with two attached hydrogens (primary N) is 1. The molecule has 1 saturated heterocycles. The summed E-state index contributed by atoms with van der Waals surface area (Å²) in [5.41, 5.74) is 6.25. The van der Waals surface area contributed by atoms with Gasteiger partial charge in [-0.25, -0.2) is 4.52 Å². The van der Waals surface area contributed by atoms with E-state index in [0.29, 0.717) is 5.82 Å². The number of amides is 1. The van der Waals surface area contributed by atoms with Crippen molar-refractivity contribution in [3.63, 3.8) is 0 Å². The summed E-state index contributed by atoms with van der Waals surface area (Å²) in [5.74, 6) is 0.341. The first kappa shape index (κ1) is 11.3. The van der Waals surface area contributed by atoms with Gasteiger partial charge in [0.25, 0.3) is 0 Å². The summed E-state index contributed by atoms with van der Waals surface area (Å²) in [6.07, 6.45) is 3.47. The fourth-order valence-corrected chi connectivity index (χ4v) is 2.58. The maximum atomic E-state index is 11.4. The minimum absolute atomic E-state index is 0.156. The number of carbonyl (C=O) groups is 1. The van der Waals surface area contributed by atoms with Gasteiger partial charge in [0, 0.05) is 12.7 Å². The molecule has 0 radical (unpaired) electrons. The summed E-state index contributed by atoms with van der Waals surface area (Å²) < 4.78 is 1.65. The van der Waals surface area contributed by atoms with Gasteiger partial charge in [-0.05, 0) is 36.6 Å². The Morgan fingerprint density at radius 3 is 3.17 bits per heavy atom. The smallest absolute Gasteiger partial charge is 0.243 e. The van der Waals surface area contributed by atoms with Gasteiger partial charge in [0.15, 0.2) is 5.82 Å². The van der Waals surface area contributed by atoms with E-state index in [0.717, 1.165) is 24.9 Å². The minimum Gasteiger partial charge on any atom is -0.368 e. The maximum absolute atomic E-state index is 11.4. The van der Waals surface area contributed by atoms with Crippen molar-refractivity contribution < 1.29 is 4.79 Å². The van der Waals surface area contributed by atoms with E-state index >= 15 is 0 Å². The molecule has 7 heteroatoms. The number of primary amides is 1. The van der Waals surface area contributed by atoms with E-state index in [2.05, 4.69) is 10.1 Å². The Kier molecular flexibility index (Phi) is 2.59. The van der Waals surface area contributed by atoms with Crippen LogP contribution < -0.4 is 10.6 Å². The topological polar surface area (TPSA) is 76.5 Å². The van der Waals surface area contributed by atoms with Crippen LogP contribution in [0.5, 0.6) is 0 Å². The summed E-state index contributed by atoms with van der Waals surface area (Å²) in [6, 6.07) is 3.44. The van der Waals surface area contributed by atoms with Crippen LogP contribution in [-0.2, 0) is 4.79 Å². The van der Waals surface area contributed by atoms with Crippen molar-refractivity contribution in [3.05, 3.63) is 23.6 Å². The van der Waals surface area contributed by atoms with Gasteiger partial charge in [0.1, 0.15) is 11.6 Å². The Morgan fingerprint density at radius 1 is 1.56 bits per heavy atom. The Labute approximate surface area is 108 Å². The Balaban J connectivity index is 2.13. The molecule has 1 atom stereocenters. The van der Waals surface area contributed by atoms with Gasteiger partial charge in [-0.3, -0.25) is 4.79 Å². The van der Waals surface area contributed by atoms with Crippen molar-refractivity contribution in [2.24, 2.45) is 5.73 Å². The van der Waals surface area contributed by atoms with Crippen molar-refractivity contribution in [2.45, 2.75) is 18.9 Å². The number of carbonyl (C=O) groups excluding carboxylic acids is 1. The molecule has 94 valence electrons. The molecule has 3 rings (SSSR count). The lowest BCUT2D eigenvalue weighted by atomic mass is 10.2. The fraction of sp³-hybridized carbons (Fsp3) is 0.364. The van der Waals surface area contributed by atoms with Crippen molar-refractivity contribution in [1.82, 2.24) is 14.6 Å². The predicted octanol–water partition coefficient (Wildman–Crippen LogP) is 0.837. The van der Waals surface area contributed by atoms with Crippen LogP contribution in [0.4, 0.5) is 5.82 Å². The summed E-state index contributed by atoms with van der Waals surface area (Å²) in [5, 5.41) is 4.22. The molecule has 3 heterocycles. The van der Waals surface area contributed by atoms with E-state index in [-0.39, 0.29) is 17.2 Å². The van der Waals surface area contributed by atoms with Gasteiger partial charge in [-0.2, -0.15) is 4.98 Å². The highest BCUT2D eigenvalue weighted by Crippen LogP contribution is 2.28. The number of nitrogens with zero attached hydrogens (tertiary/aromatic N) is 4. The van der Waals surface area contributed by atoms with Crippen molar-refractivity contribution >= 4 is 28.8 Å². The average molecular weight is 266 g/mol. The largest absolute Gasteiger partial charge is 0.368 e. The van der Waals surface area contributed by atoms with Crippen LogP contribution in [-0.4, -0.2) is 33.1 Å². The third-order valence-corrected chi connectivity index (χ3v) is 3.36. The third kappa shape index (κ3) is 1.69. The highest BCUT2D eigenvalue weighted by Gasteiger charge is 2.31. The monoisotopic (exact) mass is 265 g/mol. The second kappa shape index (κ2) is 4.13. The lowest BCUT2D eigenvalue weighted by Gasteiger charge is -2.23. The normalized spacial score (nSPS) is 19.6. The molecular weight excluding hydrogens is 254 g/mol. The first-order valence-corrected chi connectivity index (χ1v) is 6.11. The van der Waals surface area contributed by atoms with E-state index in [4.69, 9.17) is 17.3 Å². The molecule has 2 aromatic rings. The molecule has 0 aromatic carbocycles. The number of rotatable bonds is 2. The van der Waals surface area contributed by atoms with Crippen LogP contribution in [0.15, 0.2) is 18.3 Å². The Hall–Kier alpha value is -1.82. The fourth-order valence-electron chi connectivity index (χ4n) is 2.42. The average Bonchev–Trinajstić information content (AvgIpc) is 2.95. The SMILES string of the molecule is NC(=O)[C@H]1CCCN1c1nc(Cl)nn2cccc12. The van der Waals surface area contributed by atoms with Crippen LogP contribution in [0.2, 0.25) is 5.28 Å². The molecule has 0 unspecified atom stereocenters. The maximum Gasteiger partial charge on any atom is 0.243 e. The molecule has 1 aliphatic rings. The second-order valence-electron chi connectivity index (χ2n) is 4.30. The van der Waals surface area contributed by atoms with Crippen LogP contribution >= 0.6 is 11.6 Å². The van der Waals surface area contributed by atoms with Gasteiger partial charge in [0.2, 0.25) is 11.2 Å². The molecule has 0 bridgehead atoms. The molecular formula is C11H12ClN5O. The van der Waals surface area contributed by atoms with Gasteiger partial charge in [-0.15, -0.1) is 5.10 Å². The predicted molar refractivity (Wildman–Crippen MR) is 67.6 cm³/mol. The molecule has 18 heavy (non-hydrogen) atoms. The van der Waals surface area contributed by atoms with Crippen LogP contribution in [0.25, 0.3) is 5.52 Å². The lowest BCUT2D eigenvalue weighted by molar-refractivity contribution is -0.119. The van der Waals surface area contributed by atoms with E-state index in [9.17, 15) is 4.79 Å². The zero-order valence-electron chi connectivity index (χ0n) is 9.58. The van der Waals surface area contributed by atoms with Gasteiger partial charge in [-0.1, -0.05) is 0 Å². The molecule has 2 aromatic heterocycles. The highest BCUT2D eigenvalue weighted by atomic mass is 35.5. The quantitative estimate of drug-likeness (QED) is 0.873. The molecule has 6 nitrogen and oxygen atoms in total. The molecule has 0 aliphatic carbocycles. The van der Waals surface area contributed by atoms with Gasteiger partial charge < -0.3 is 10.6 Å². The first-order valence-electron chi connectivity index (χ1n) is 5.73. The van der Waals surface area contributed by atoms with Gasteiger partial charge >= 0.3 is 0 Å². The highest BCUT2D eigenvalue weighted by molar-refractivity contribution is 6.28. The zero-order chi connectivity index (χ0) is 12.7. The standard InChI is InChI=1S/C11H12ClN5O/c12-11-14-10(8-4-2-6-17(8)15-11)16-5-1-3-7(16)9(13)18/h2,4,6-7H,1,3,5H2,(H2,13,18)/t7-/m1/s1. The summed E-state index contributed by atoms with van der Waals surface area (Å²) >= 11 is 5.90. The summed E-state index contributed by atoms with van der Waals surface area (Å²) in [7, 11) is 0. The summed E-state index contributed by atoms with van der Waals surface area (Å²) in [4.78, 5) is 17.6. The van der Waals surface area contributed by atoms with Crippen molar-refractivity contribution in [2.75, 3.05) is 11.4 Å². The first-order chi connectivity index (χ1) is 8.66. The van der Waals surface area contributed by atoms with Crippen LogP contribution in [0, 0.1) is 0 Å². The molecule has 1 fully saturated rings. The van der Waals surface area contributed by atoms with Gasteiger partial charge in [0.05, 0.1) is 0 Å². The molecule has 0 saturated carbocycles. The number of hydrogen-bond donors (Lipinski definition) is 1. The second-order valence-corrected chi connectivity index (χ2v) is 4.63. The van der Waals surface area contributed by atoms with Crippen molar-refractivity contribution in [3.8, 4) is 0 Å². The summed E-state index contributed by atoms with van der Waals surface area (Å²) in [6.45, 7) is 0.752. The number of fused-ring (bicyclic) bond motifs is 1. The van der Waals surface area contributed by atoms with E-state index in [1.54, 1.807) is 10.7 Å². The number of hydrogen-bond acceptors (Lipinski definition) is 4. The molecule has 1 aliphatic heterocycles. The zero-order valence-corrected chi connectivity index (χ0v) is 10.3. The molecule has 0 spiro atoms. The van der Waals surface area contributed by atoms with Crippen molar-refractivity contribution in [1.29, 1.82) is 0 Å². The number of halogens is 1. The third-order valence-electron chi connectivity index (χ3n) is 3.20. The Morgan fingerprint density at radius 2 is 2.39 bits per heavy atom. The minimum atomic E-state index is -0.327.